The summed E-state index contributed by atoms with van der Waals surface area (Å²) in [7, 11) is 1.75. The summed E-state index contributed by atoms with van der Waals surface area (Å²) < 4.78 is 6.47. The van der Waals surface area contributed by atoms with Crippen LogP contribution in [0.5, 0.6) is 0 Å². The van der Waals surface area contributed by atoms with E-state index >= 15 is 0 Å². The molecule has 0 radical (unpaired) electrons. The summed E-state index contributed by atoms with van der Waals surface area (Å²) in [6.45, 7) is 6.35. The van der Waals surface area contributed by atoms with Crippen LogP contribution < -0.4 is 5.32 Å². The second kappa shape index (κ2) is 7.24. The second-order valence-electron chi connectivity index (χ2n) is 4.65. The van der Waals surface area contributed by atoms with E-state index < -0.39 is 0 Å². The molecule has 0 atom stereocenters. The number of hydrogen-bond donors (Lipinski definition) is 1. The zero-order chi connectivity index (χ0) is 12.8. The Bertz CT molecular complexity index is 378. The molecule has 3 nitrogen and oxygen atoms in total. The average Bonchev–Trinajstić information content (AvgIpc) is 2.40. The van der Waals surface area contributed by atoms with E-state index in [9.17, 15) is 0 Å². The molecule has 1 heterocycles. The van der Waals surface area contributed by atoms with Crippen molar-refractivity contribution in [3.05, 3.63) is 33.8 Å². The largest absolute Gasteiger partial charge is 0.380 e. The zero-order valence-corrected chi connectivity index (χ0v) is 12.5. The van der Waals surface area contributed by atoms with E-state index in [-0.39, 0.29) is 0 Å². The van der Waals surface area contributed by atoms with E-state index in [0.29, 0.717) is 6.61 Å². The zero-order valence-electron chi connectivity index (χ0n) is 10.9. The van der Waals surface area contributed by atoms with Crippen LogP contribution in [-0.2, 0) is 17.8 Å². The van der Waals surface area contributed by atoms with Crippen molar-refractivity contribution in [3.8, 4) is 0 Å². The molecule has 1 aliphatic rings. The van der Waals surface area contributed by atoms with Crippen LogP contribution in [0.3, 0.4) is 0 Å². The lowest BCUT2D eigenvalue weighted by Crippen LogP contribution is -2.44. The van der Waals surface area contributed by atoms with Gasteiger partial charge in [-0.15, -0.1) is 0 Å². The van der Waals surface area contributed by atoms with Crippen molar-refractivity contribution >= 4 is 15.9 Å². The van der Waals surface area contributed by atoms with Crippen LogP contribution in [0.4, 0.5) is 0 Å². The molecule has 0 aromatic heterocycles. The minimum absolute atomic E-state index is 0.691. The number of rotatable bonds is 5. The molecule has 1 aromatic carbocycles. The maximum atomic E-state index is 5.27. The van der Waals surface area contributed by atoms with Crippen LogP contribution in [-0.4, -0.2) is 44.7 Å². The van der Waals surface area contributed by atoms with Gasteiger partial charge in [0.15, 0.2) is 0 Å². The summed E-state index contributed by atoms with van der Waals surface area (Å²) in [5.41, 5.74) is 2.68. The number of halogens is 1. The lowest BCUT2D eigenvalue weighted by atomic mass is 10.0. The van der Waals surface area contributed by atoms with E-state index in [4.69, 9.17) is 4.74 Å². The van der Waals surface area contributed by atoms with Crippen molar-refractivity contribution in [1.29, 1.82) is 0 Å². The average molecular weight is 313 g/mol. The molecule has 100 valence electrons. The number of methoxy groups -OCH3 is 1. The Hall–Kier alpha value is -0.420. The van der Waals surface area contributed by atoms with E-state index in [2.05, 4.69) is 44.3 Å². The van der Waals surface area contributed by atoms with Gasteiger partial charge in [0.05, 0.1) is 6.61 Å². The van der Waals surface area contributed by atoms with E-state index in [1.165, 1.54) is 15.6 Å². The molecule has 1 N–H and O–H groups in total. The minimum atomic E-state index is 0.691. The van der Waals surface area contributed by atoms with Crippen LogP contribution in [0.1, 0.15) is 11.1 Å². The Morgan fingerprint density at radius 1 is 1.33 bits per heavy atom. The number of nitrogens with one attached hydrogen (secondary N) is 1. The maximum Gasteiger partial charge on any atom is 0.0716 e. The van der Waals surface area contributed by atoms with Crippen molar-refractivity contribution in [3.63, 3.8) is 0 Å². The van der Waals surface area contributed by atoms with Crippen molar-refractivity contribution in [2.75, 3.05) is 39.8 Å². The summed E-state index contributed by atoms with van der Waals surface area (Å²) in [5.74, 6) is 0. The fraction of sp³-hybridized carbons (Fsp3) is 0.571. The van der Waals surface area contributed by atoms with Gasteiger partial charge in [-0.1, -0.05) is 28.1 Å². The van der Waals surface area contributed by atoms with Gasteiger partial charge in [-0.3, -0.25) is 0 Å². The minimum Gasteiger partial charge on any atom is -0.380 e. The van der Waals surface area contributed by atoms with Crippen LogP contribution in [0.2, 0.25) is 0 Å². The normalized spacial score (nSPS) is 17.0. The summed E-state index contributed by atoms with van der Waals surface area (Å²) in [6, 6.07) is 6.35. The van der Waals surface area contributed by atoms with Gasteiger partial charge in [0.25, 0.3) is 0 Å². The predicted molar refractivity (Wildman–Crippen MR) is 77.9 cm³/mol. The van der Waals surface area contributed by atoms with Crippen LogP contribution in [0.25, 0.3) is 0 Å². The standard InChI is InChI=1S/C14H21BrN2O/c1-18-11-12-3-2-4-14(15)13(12)5-8-17-9-6-16-7-10-17/h2-4,16H,5-11H2,1H3. The van der Waals surface area contributed by atoms with Crippen LogP contribution >= 0.6 is 15.9 Å². The smallest absolute Gasteiger partial charge is 0.0716 e. The van der Waals surface area contributed by atoms with Gasteiger partial charge in [-0.05, 0) is 23.6 Å². The Morgan fingerprint density at radius 3 is 2.83 bits per heavy atom. The van der Waals surface area contributed by atoms with Crippen LogP contribution in [0, 0.1) is 0 Å². The van der Waals surface area contributed by atoms with Gasteiger partial charge in [-0.2, -0.15) is 0 Å². The van der Waals surface area contributed by atoms with E-state index in [1.54, 1.807) is 7.11 Å². The molecular weight excluding hydrogens is 292 g/mol. The molecule has 18 heavy (non-hydrogen) atoms. The van der Waals surface area contributed by atoms with Gasteiger partial charge in [0, 0.05) is 44.3 Å². The summed E-state index contributed by atoms with van der Waals surface area (Å²) in [4.78, 5) is 2.52. The number of ether oxygens (including phenoxy) is 1. The molecule has 1 aromatic rings. The lowest BCUT2D eigenvalue weighted by Gasteiger charge is -2.27. The Kier molecular flexibility index (Phi) is 5.63. The van der Waals surface area contributed by atoms with Crippen molar-refractivity contribution in [2.24, 2.45) is 0 Å². The molecule has 1 saturated heterocycles. The van der Waals surface area contributed by atoms with Crippen molar-refractivity contribution in [2.45, 2.75) is 13.0 Å². The predicted octanol–water partition coefficient (Wildman–Crippen LogP) is 2.04. The summed E-state index contributed by atoms with van der Waals surface area (Å²) in [6.07, 6.45) is 1.08. The van der Waals surface area contributed by atoms with Crippen LogP contribution in [0.15, 0.2) is 22.7 Å². The topological polar surface area (TPSA) is 24.5 Å². The highest BCUT2D eigenvalue weighted by Gasteiger charge is 2.12. The summed E-state index contributed by atoms with van der Waals surface area (Å²) in [5, 5.41) is 3.39. The Balaban J connectivity index is 1.98. The quantitative estimate of drug-likeness (QED) is 0.900. The molecule has 1 aliphatic heterocycles. The fourth-order valence-electron chi connectivity index (χ4n) is 2.38. The molecular formula is C14H21BrN2O. The Labute approximate surface area is 118 Å². The second-order valence-corrected chi connectivity index (χ2v) is 5.51. The summed E-state index contributed by atoms with van der Waals surface area (Å²) >= 11 is 3.66. The first-order valence-electron chi connectivity index (χ1n) is 6.49. The molecule has 2 rings (SSSR count). The first-order valence-corrected chi connectivity index (χ1v) is 7.29. The first kappa shape index (κ1) is 14.0. The number of nitrogens with zero attached hydrogens (tertiary/aromatic N) is 1. The van der Waals surface area contributed by atoms with Crippen molar-refractivity contribution in [1.82, 2.24) is 10.2 Å². The molecule has 0 unspecified atom stereocenters. The monoisotopic (exact) mass is 312 g/mol. The molecule has 0 saturated carbocycles. The third-order valence-corrected chi connectivity index (χ3v) is 4.15. The molecule has 4 heteroatoms. The number of benzene rings is 1. The third kappa shape index (κ3) is 3.79. The number of hydrogen-bond acceptors (Lipinski definition) is 3. The number of piperazine rings is 1. The SMILES string of the molecule is COCc1cccc(Br)c1CCN1CCNCC1. The lowest BCUT2D eigenvalue weighted by molar-refractivity contribution is 0.183. The molecule has 0 aliphatic carbocycles. The molecule has 0 spiro atoms. The van der Waals surface area contributed by atoms with E-state index in [1.807, 2.05) is 0 Å². The maximum absolute atomic E-state index is 5.27. The molecule has 0 bridgehead atoms. The van der Waals surface area contributed by atoms with Gasteiger partial charge in [-0.25, -0.2) is 0 Å². The van der Waals surface area contributed by atoms with Gasteiger partial charge < -0.3 is 15.0 Å². The highest BCUT2D eigenvalue weighted by atomic mass is 79.9. The molecule has 0 amide bonds. The third-order valence-electron chi connectivity index (χ3n) is 3.40. The first-order chi connectivity index (χ1) is 8.81. The fourth-order valence-corrected chi connectivity index (χ4v) is 2.98. The highest BCUT2D eigenvalue weighted by molar-refractivity contribution is 9.10. The van der Waals surface area contributed by atoms with E-state index in [0.717, 1.165) is 39.1 Å². The highest BCUT2D eigenvalue weighted by Crippen LogP contribution is 2.22. The van der Waals surface area contributed by atoms with Gasteiger partial charge in [0.2, 0.25) is 0 Å². The molecule has 1 fully saturated rings. The van der Waals surface area contributed by atoms with Gasteiger partial charge >= 0.3 is 0 Å². The van der Waals surface area contributed by atoms with Gasteiger partial charge in [0.1, 0.15) is 0 Å². The van der Waals surface area contributed by atoms with Crippen molar-refractivity contribution < 1.29 is 4.74 Å². The Morgan fingerprint density at radius 2 is 2.11 bits per heavy atom.